The molecule has 0 radical (unpaired) electrons. The van der Waals surface area contributed by atoms with E-state index in [1.807, 2.05) is 0 Å². The Kier molecular flexibility index (Phi) is 6.34. The van der Waals surface area contributed by atoms with Crippen LogP contribution in [0.1, 0.15) is 46.5 Å². The number of rotatable bonds is 5. The fourth-order valence-corrected chi connectivity index (χ4v) is 3.76. The first kappa shape index (κ1) is 20.1. The first-order valence-corrected chi connectivity index (χ1v) is 9.38. The summed E-state index contributed by atoms with van der Waals surface area (Å²) in [5.41, 5.74) is -0.650. The Morgan fingerprint density at radius 1 is 1.22 bits per heavy atom. The summed E-state index contributed by atoms with van der Waals surface area (Å²) in [6.45, 7) is 5.68. The largest absolute Gasteiger partial charge is 0.444 e. The summed E-state index contributed by atoms with van der Waals surface area (Å²) in [4.78, 5) is 13.5. The van der Waals surface area contributed by atoms with Crippen molar-refractivity contribution >= 4 is 15.9 Å². The number of hydrogen-bond donors (Lipinski definition) is 0. The molecule has 1 aliphatic heterocycles. The summed E-state index contributed by atoms with van der Waals surface area (Å²) < 4.78 is 65.0. The van der Waals surface area contributed by atoms with Crippen LogP contribution in [0.15, 0.2) is 0 Å². The first-order chi connectivity index (χ1) is 10.3. The van der Waals surface area contributed by atoms with Gasteiger partial charge < -0.3 is 9.64 Å². The molecule has 0 N–H and O–H groups in total. The van der Waals surface area contributed by atoms with E-state index in [-0.39, 0.29) is 18.2 Å². The Labute approximate surface area is 135 Å². The van der Waals surface area contributed by atoms with E-state index >= 15 is 0 Å². The van der Waals surface area contributed by atoms with Gasteiger partial charge in [0.25, 0.3) is 0 Å². The monoisotopic (exact) mass is 359 g/mol. The molecule has 0 aromatic carbocycles. The molecule has 1 rings (SSSR count). The Hall–Kier alpha value is -0.990. The lowest BCUT2D eigenvalue weighted by Gasteiger charge is -2.28. The standard InChI is InChI=1S/C14H24F3NO4S/c1-13(2,3)22-12(19)18-8-4-5-11(18)6-9-23(20,21)10-7-14(15,16)17/h11H,4-10H2,1-3H3/t11-/m1/s1. The van der Waals surface area contributed by atoms with Crippen molar-refractivity contribution in [1.29, 1.82) is 0 Å². The van der Waals surface area contributed by atoms with Crippen molar-refractivity contribution in [3.05, 3.63) is 0 Å². The number of carbonyl (C=O) groups is 1. The third-order valence-electron chi connectivity index (χ3n) is 3.46. The second kappa shape index (κ2) is 7.27. The summed E-state index contributed by atoms with van der Waals surface area (Å²) in [5.74, 6) is -1.26. The molecule has 1 fully saturated rings. The molecule has 23 heavy (non-hydrogen) atoms. The molecule has 9 heteroatoms. The number of halogens is 3. The van der Waals surface area contributed by atoms with Crippen molar-refractivity contribution in [2.75, 3.05) is 18.1 Å². The van der Waals surface area contributed by atoms with Crippen molar-refractivity contribution in [3.8, 4) is 0 Å². The van der Waals surface area contributed by atoms with Crippen LogP contribution >= 0.6 is 0 Å². The van der Waals surface area contributed by atoms with E-state index in [9.17, 15) is 26.4 Å². The number of ether oxygens (including phenoxy) is 1. The number of carbonyl (C=O) groups excluding carboxylic acids is 1. The average molecular weight is 359 g/mol. The predicted octanol–water partition coefficient (Wildman–Crippen LogP) is 3.14. The second-order valence-corrected chi connectivity index (χ2v) is 9.08. The smallest absolute Gasteiger partial charge is 0.410 e. The van der Waals surface area contributed by atoms with Crippen LogP contribution in [0.3, 0.4) is 0 Å². The predicted molar refractivity (Wildman–Crippen MR) is 79.9 cm³/mol. The van der Waals surface area contributed by atoms with E-state index in [4.69, 9.17) is 4.74 Å². The Morgan fingerprint density at radius 3 is 2.35 bits per heavy atom. The lowest BCUT2D eigenvalue weighted by Crippen LogP contribution is -2.40. The highest BCUT2D eigenvalue weighted by Gasteiger charge is 2.34. The van der Waals surface area contributed by atoms with Crippen molar-refractivity contribution in [1.82, 2.24) is 4.90 Å². The van der Waals surface area contributed by atoms with Crippen LogP contribution < -0.4 is 0 Å². The molecule has 0 unspecified atom stereocenters. The van der Waals surface area contributed by atoms with E-state index in [0.29, 0.717) is 13.0 Å². The molecule has 0 saturated carbocycles. The molecular weight excluding hydrogens is 335 g/mol. The van der Waals surface area contributed by atoms with Crippen LogP contribution in [0.2, 0.25) is 0 Å². The van der Waals surface area contributed by atoms with Gasteiger partial charge in [-0.05, 0) is 40.0 Å². The van der Waals surface area contributed by atoms with Crippen molar-refractivity contribution < 1.29 is 31.1 Å². The maximum Gasteiger partial charge on any atom is 0.410 e. The van der Waals surface area contributed by atoms with Crippen LogP contribution in [-0.4, -0.2) is 55.3 Å². The van der Waals surface area contributed by atoms with Gasteiger partial charge in [-0.15, -0.1) is 0 Å². The minimum atomic E-state index is -4.48. The summed E-state index contributed by atoms with van der Waals surface area (Å²) in [6, 6.07) is -0.300. The Bertz CT molecular complexity index is 511. The number of likely N-dealkylation sites (tertiary alicyclic amines) is 1. The van der Waals surface area contributed by atoms with Gasteiger partial charge in [0.15, 0.2) is 9.84 Å². The van der Waals surface area contributed by atoms with Gasteiger partial charge in [0.05, 0.1) is 17.9 Å². The highest BCUT2D eigenvalue weighted by atomic mass is 32.2. The first-order valence-electron chi connectivity index (χ1n) is 7.56. The SMILES string of the molecule is CC(C)(C)OC(=O)N1CCC[C@@H]1CCS(=O)(=O)CCC(F)(F)F. The lowest BCUT2D eigenvalue weighted by molar-refractivity contribution is -0.129. The van der Waals surface area contributed by atoms with Gasteiger partial charge in [0.2, 0.25) is 0 Å². The second-order valence-electron chi connectivity index (χ2n) is 6.78. The molecule has 1 amide bonds. The van der Waals surface area contributed by atoms with Crippen LogP contribution in [0.25, 0.3) is 0 Å². The zero-order chi connectivity index (χ0) is 17.9. The third-order valence-corrected chi connectivity index (χ3v) is 5.15. The van der Waals surface area contributed by atoms with Crippen molar-refractivity contribution in [2.24, 2.45) is 0 Å². The van der Waals surface area contributed by atoms with Crippen LogP contribution in [0, 0.1) is 0 Å². The summed E-state index contributed by atoms with van der Waals surface area (Å²) in [6.07, 6.45) is -4.83. The number of hydrogen-bond acceptors (Lipinski definition) is 4. The molecule has 5 nitrogen and oxygen atoms in total. The van der Waals surface area contributed by atoms with E-state index in [1.165, 1.54) is 4.90 Å². The molecule has 0 aromatic heterocycles. The Morgan fingerprint density at radius 2 is 1.83 bits per heavy atom. The van der Waals surface area contributed by atoms with Crippen LogP contribution in [-0.2, 0) is 14.6 Å². The van der Waals surface area contributed by atoms with Gasteiger partial charge in [0.1, 0.15) is 5.60 Å². The molecule has 0 aliphatic carbocycles. The Balaban J connectivity index is 2.54. The van der Waals surface area contributed by atoms with Gasteiger partial charge in [-0.2, -0.15) is 13.2 Å². The van der Waals surface area contributed by atoms with Gasteiger partial charge in [0, 0.05) is 12.6 Å². The summed E-state index contributed by atoms with van der Waals surface area (Å²) >= 11 is 0. The van der Waals surface area contributed by atoms with Gasteiger partial charge in [-0.25, -0.2) is 13.2 Å². The number of nitrogens with zero attached hydrogens (tertiary/aromatic N) is 1. The van der Waals surface area contributed by atoms with Crippen LogP contribution in [0.4, 0.5) is 18.0 Å². The fourth-order valence-electron chi connectivity index (χ4n) is 2.39. The molecule has 136 valence electrons. The number of amides is 1. The van der Waals surface area contributed by atoms with E-state index in [0.717, 1.165) is 6.42 Å². The zero-order valence-corrected chi connectivity index (χ0v) is 14.5. The molecule has 1 heterocycles. The summed E-state index contributed by atoms with van der Waals surface area (Å²) in [5, 5.41) is 0. The quantitative estimate of drug-likeness (QED) is 0.756. The summed E-state index contributed by atoms with van der Waals surface area (Å²) in [7, 11) is -3.79. The zero-order valence-electron chi connectivity index (χ0n) is 13.6. The van der Waals surface area contributed by atoms with E-state index < -0.39 is 39.9 Å². The molecule has 0 bridgehead atoms. The van der Waals surface area contributed by atoms with E-state index in [1.54, 1.807) is 20.8 Å². The highest BCUT2D eigenvalue weighted by molar-refractivity contribution is 7.91. The molecule has 1 atom stereocenters. The van der Waals surface area contributed by atoms with Crippen molar-refractivity contribution in [2.45, 2.75) is 64.3 Å². The highest BCUT2D eigenvalue weighted by Crippen LogP contribution is 2.25. The molecule has 1 saturated heterocycles. The average Bonchev–Trinajstić information content (AvgIpc) is 2.80. The fraction of sp³-hybridized carbons (Fsp3) is 0.929. The molecule has 1 aliphatic rings. The topological polar surface area (TPSA) is 63.7 Å². The van der Waals surface area contributed by atoms with Gasteiger partial charge >= 0.3 is 12.3 Å². The van der Waals surface area contributed by atoms with Crippen LogP contribution in [0.5, 0.6) is 0 Å². The van der Waals surface area contributed by atoms with E-state index in [2.05, 4.69) is 0 Å². The molecule has 0 aromatic rings. The maximum atomic E-state index is 12.1. The minimum absolute atomic E-state index is 0.138. The molecule has 0 spiro atoms. The molecular formula is C14H24F3NO4S. The number of alkyl halides is 3. The number of sulfone groups is 1. The normalized spacial score (nSPS) is 19.9. The lowest BCUT2D eigenvalue weighted by atomic mass is 10.2. The van der Waals surface area contributed by atoms with Gasteiger partial charge in [-0.1, -0.05) is 0 Å². The third kappa shape index (κ3) is 7.90. The minimum Gasteiger partial charge on any atom is -0.444 e. The van der Waals surface area contributed by atoms with Crippen molar-refractivity contribution in [3.63, 3.8) is 0 Å². The maximum absolute atomic E-state index is 12.1. The van der Waals surface area contributed by atoms with Gasteiger partial charge in [-0.3, -0.25) is 0 Å².